The first kappa shape index (κ1) is 28.1. The van der Waals surface area contributed by atoms with Gasteiger partial charge >= 0.3 is 37.9 Å². The number of fused-ring (bicyclic) bond motifs is 1. The zero-order valence-electron chi connectivity index (χ0n) is 18.6. The summed E-state index contributed by atoms with van der Waals surface area (Å²) in [5.74, 6) is 0. The Balaban J connectivity index is 0.000000472. The van der Waals surface area contributed by atoms with E-state index in [-0.39, 0.29) is 7.92 Å². The van der Waals surface area contributed by atoms with E-state index >= 15 is 0 Å². The Bertz CT molecular complexity index is 661. The summed E-state index contributed by atoms with van der Waals surface area (Å²) in [6, 6.07) is 23.8. The van der Waals surface area contributed by atoms with Gasteiger partial charge in [0.15, 0.2) is 0 Å². The summed E-state index contributed by atoms with van der Waals surface area (Å²) in [6.45, 7) is 4.61. The molecule has 0 unspecified atom stereocenters. The van der Waals surface area contributed by atoms with Crippen LogP contribution in [0.3, 0.4) is 0 Å². The monoisotopic (exact) mass is 540 g/mol. The van der Waals surface area contributed by atoms with E-state index in [1.807, 2.05) is 30.3 Å². The van der Waals surface area contributed by atoms with Crippen LogP contribution in [0.15, 0.2) is 66.7 Å². The van der Waals surface area contributed by atoms with Crippen LogP contribution in [0.1, 0.15) is 65.2 Å². The average molecular weight is 543 g/mol. The van der Waals surface area contributed by atoms with E-state index in [2.05, 4.69) is 50.2 Å². The van der Waals surface area contributed by atoms with Crippen molar-refractivity contribution in [2.45, 2.75) is 65.2 Å². The molecule has 0 bridgehead atoms. The van der Waals surface area contributed by atoms with Gasteiger partial charge in [0.25, 0.3) is 0 Å². The molecule has 3 aromatic rings. The maximum Gasteiger partial charge on any atom is -0.172 e. The van der Waals surface area contributed by atoms with Gasteiger partial charge in [-0.2, -0.15) is 24.3 Å². The van der Waals surface area contributed by atoms with Gasteiger partial charge in [0.2, 0.25) is 0 Å². The number of rotatable bonds is 11. The third-order valence-electron chi connectivity index (χ3n) is 5.09. The second-order valence-electron chi connectivity index (χ2n) is 7.48. The van der Waals surface area contributed by atoms with Gasteiger partial charge in [-0.15, -0.1) is 40.3 Å². The van der Waals surface area contributed by atoms with Gasteiger partial charge in [-0.05, 0) is 25.2 Å². The summed E-state index contributed by atoms with van der Waals surface area (Å²) in [5.41, 5.74) is 0. The van der Waals surface area contributed by atoms with Gasteiger partial charge < -0.3 is 0 Å². The van der Waals surface area contributed by atoms with E-state index < -0.39 is 20.8 Å². The molecule has 30 heavy (non-hydrogen) atoms. The molecule has 3 rings (SSSR count). The van der Waals surface area contributed by atoms with Crippen molar-refractivity contribution in [2.75, 3.05) is 12.3 Å². The van der Waals surface area contributed by atoms with Crippen molar-refractivity contribution in [3.63, 3.8) is 0 Å². The van der Waals surface area contributed by atoms with E-state index in [1.165, 1.54) is 74.5 Å². The smallest absolute Gasteiger partial charge is 0.172 e. The normalized spacial score (nSPS) is 10.2. The molecule has 0 aromatic heterocycles. The van der Waals surface area contributed by atoms with Crippen molar-refractivity contribution in [1.82, 2.24) is 0 Å². The Morgan fingerprint density at radius 2 is 1.37 bits per heavy atom. The summed E-state index contributed by atoms with van der Waals surface area (Å²) in [6.07, 6.45) is 14.1. The third-order valence-corrected chi connectivity index (χ3v) is 7.79. The standard InChI is InChI=1S/C21H32P.C5H5.2ClH.Zr/c1-3-5-7-11-15-22(16-12-8-6-4-2)21-17-19-13-9-10-14-20(19)18-21;1-2-4-5-3-1;;;/h9-10,13-14,17-18H,3-8,11-12,15-16H2,1-2H3;1-5H;2*1H;/q2*-1;;;+4/p-2. The first-order valence-electron chi connectivity index (χ1n) is 11.3. The van der Waals surface area contributed by atoms with E-state index in [0.29, 0.717) is 0 Å². The van der Waals surface area contributed by atoms with Crippen LogP contribution in [0.4, 0.5) is 0 Å². The van der Waals surface area contributed by atoms with E-state index in [0.717, 1.165) is 0 Å². The Morgan fingerprint density at radius 1 is 0.800 bits per heavy atom. The molecule has 0 atom stereocenters. The Morgan fingerprint density at radius 3 is 1.83 bits per heavy atom. The van der Waals surface area contributed by atoms with E-state index in [4.69, 9.17) is 17.0 Å². The Kier molecular flexibility index (Phi) is 18.5. The molecular weight excluding hydrogens is 505 g/mol. The van der Waals surface area contributed by atoms with Crippen LogP contribution < -0.4 is 5.30 Å². The second-order valence-corrected chi connectivity index (χ2v) is 13.7. The number of hydrogen-bond donors (Lipinski definition) is 0. The van der Waals surface area contributed by atoms with Gasteiger partial charge in [-0.25, -0.2) is 12.1 Å². The maximum atomic E-state index is 4.93. The minimum atomic E-state index is -0.826. The quantitative estimate of drug-likeness (QED) is 0.129. The average Bonchev–Trinajstić information content (AvgIpc) is 3.46. The molecule has 0 nitrogen and oxygen atoms in total. The molecule has 0 saturated heterocycles. The first-order chi connectivity index (χ1) is 14.8. The van der Waals surface area contributed by atoms with Crippen LogP contribution in [0.2, 0.25) is 0 Å². The molecular formula is C26H37Cl2PZr. The molecule has 0 spiro atoms. The number of hydrogen-bond acceptors (Lipinski definition) is 0. The fraction of sp³-hybridized carbons (Fsp3) is 0.462. The number of unbranched alkanes of at least 4 members (excludes halogenated alkanes) is 6. The minimum absolute atomic E-state index is 0.0642. The second kappa shape index (κ2) is 19.7. The summed E-state index contributed by atoms with van der Waals surface area (Å²) < 4.78 is 0. The first-order valence-corrected chi connectivity index (χ1v) is 19.3. The molecule has 0 aliphatic rings. The third kappa shape index (κ3) is 12.8. The van der Waals surface area contributed by atoms with Crippen LogP contribution in [0.5, 0.6) is 0 Å². The minimum Gasteiger partial charge on any atom is -0.214 e. The molecule has 0 aliphatic heterocycles. The molecule has 3 aromatic carbocycles. The van der Waals surface area contributed by atoms with Crippen molar-refractivity contribution in [3.05, 3.63) is 66.7 Å². The Labute approximate surface area is 204 Å². The van der Waals surface area contributed by atoms with Crippen LogP contribution in [-0.4, -0.2) is 12.3 Å². The van der Waals surface area contributed by atoms with Gasteiger partial charge in [0.05, 0.1) is 0 Å². The molecule has 0 radical (unpaired) electrons. The number of benzene rings is 1. The van der Waals surface area contributed by atoms with Crippen molar-refractivity contribution < 1.29 is 20.8 Å². The van der Waals surface area contributed by atoms with Gasteiger partial charge in [-0.1, -0.05) is 66.4 Å². The van der Waals surface area contributed by atoms with E-state index in [1.54, 1.807) is 5.30 Å². The van der Waals surface area contributed by atoms with Crippen LogP contribution in [0, 0.1) is 0 Å². The topological polar surface area (TPSA) is 0 Å². The zero-order valence-corrected chi connectivity index (χ0v) is 23.5. The molecule has 0 aliphatic carbocycles. The molecule has 4 heteroatoms. The fourth-order valence-electron chi connectivity index (χ4n) is 3.47. The van der Waals surface area contributed by atoms with Crippen LogP contribution in [0.25, 0.3) is 10.8 Å². The molecule has 0 heterocycles. The van der Waals surface area contributed by atoms with Gasteiger partial charge in [-0.3, -0.25) is 0 Å². The van der Waals surface area contributed by atoms with Gasteiger partial charge in [0.1, 0.15) is 0 Å². The number of halogens is 2. The maximum absolute atomic E-state index is 4.93. The summed E-state index contributed by atoms with van der Waals surface area (Å²) in [7, 11) is 9.93. The summed E-state index contributed by atoms with van der Waals surface area (Å²) in [4.78, 5) is 0. The summed E-state index contributed by atoms with van der Waals surface area (Å²) >= 11 is -0.826. The predicted molar refractivity (Wildman–Crippen MR) is 138 cm³/mol. The van der Waals surface area contributed by atoms with E-state index in [9.17, 15) is 0 Å². The molecule has 0 N–H and O–H groups in total. The van der Waals surface area contributed by atoms with Crippen LogP contribution >= 0.6 is 24.9 Å². The van der Waals surface area contributed by atoms with Gasteiger partial charge in [0, 0.05) is 0 Å². The summed E-state index contributed by atoms with van der Waals surface area (Å²) in [5, 5.41) is 4.53. The largest absolute Gasteiger partial charge is 0.214 e. The molecule has 164 valence electrons. The Hall–Kier alpha value is 0.0731. The fourth-order valence-corrected chi connectivity index (χ4v) is 6.06. The SMILES string of the molecule is CCCCCCP(CCCCCC)c1cc2ccccc2[cH-]1.[Cl][Zr+2][Cl].c1cc[cH-]c1. The molecule has 0 amide bonds. The predicted octanol–water partition coefficient (Wildman–Crippen LogP) is 9.61. The van der Waals surface area contributed by atoms with Crippen molar-refractivity contribution >= 4 is 41.0 Å². The molecule has 0 saturated carbocycles. The molecule has 0 fully saturated rings. The van der Waals surface area contributed by atoms with Crippen molar-refractivity contribution in [2.24, 2.45) is 0 Å². The van der Waals surface area contributed by atoms with Crippen molar-refractivity contribution in [3.8, 4) is 0 Å². The van der Waals surface area contributed by atoms with Crippen molar-refractivity contribution in [1.29, 1.82) is 0 Å². The van der Waals surface area contributed by atoms with Crippen LogP contribution in [-0.2, 0) is 20.8 Å². The zero-order chi connectivity index (χ0) is 21.9.